The summed E-state index contributed by atoms with van der Waals surface area (Å²) in [6.07, 6.45) is 2.94. The number of aryl methyl sites for hydroxylation is 1. The van der Waals surface area contributed by atoms with Crippen LogP contribution in [0.5, 0.6) is 0 Å². The van der Waals surface area contributed by atoms with Gasteiger partial charge in [-0.25, -0.2) is 0 Å². The minimum absolute atomic E-state index is 0.141. The summed E-state index contributed by atoms with van der Waals surface area (Å²) in [5.41, 5.74) is 0. The van der Waals surface area contributed by atoms with Crippen LogP contribution in [0.3, 0.4) is 0 Å². The molecule has 7 nitrogen and oxygen atoms in total. The number of anilines is 1. The summed E-state index contributed by atoms with van der Waals surface area (Å²) in [4.78, 5) is 25.4. The summed E-state index contributed by atoms with van der Waals surface area (Å²) in [6, 6.07) is 4.74. The maximum atomic E-state index is 12.2. The molecule has 0 fully saturated rings. The summed E-state index contributed by atoms with van der Waals surface area (Å²) >= 11 is 0. The molecule has 0 saturated carbocycles. The zero-order valence-electron chi connectivity index (χ0n) is 11.5. The normalized spacial score (nSPS) is 10.1. The van der Waals surface area contributed by atoms with Crippen LogP contribution in [0.2, 0.25) is 0 Å². The third kappa shape index (κ3) is 3.82. The second kappa shape index (κ2) is 6.56. The van der Waals surface area contributed by atoms with E-state index in [0.29, 0.717) is 11.6 Å². The Bertz CT molecular complexity index is 630. The van der Waals surface area contributed by atoms with Crippen molar-refractivity contribution in [2.24, 2.45) is 0 Å². The lowest BCUT2D eigenvalue weighted by Crippen LogP contribution is -2.38. The molecule has 0 aliphatic carbocycles. The quantitative estimate of drug-likeness (QED) is 0.820. The first-order chi connectivity index (χ1) is 10.1. The smallest absolute Gasteiger partial charge is 0.290 e. The first-order valence-corrected chi connectivity index (χ1v) is 6.27. The zero-order chi connectivity index (χ0) is 15.2. The number of hydrogen-bond acceptors (Lipinski definition) is 5. The highest BCUT2D eigenvalue weighted by molar-refractivity contribution is 5.97. The number of aromatic nitrogens is 1. The van der Waals surface area contributed by atoms with E-state index in [-0.39, 0.29) is 30.7 Å². The van der Waals surface area contributed by atoms with Crippen LogP contribution in [0.4, 0.5) is 5.82 Å². The largest absolute Gasteiger partial charge is 0.459 e. The summed E-state index contributed by atoms with van der Waals surface area (Å²) in [5, 5.41) is 6.20. The van der Waals surface area contributed by atoms with Gasteiger partial charge in [-0.1, -0.05) is 11.2 Å². The molecule has 1 N–H and O–H groups in total. The van der Waals surface area contributed by atoms with Gasteiger partial charge in [-0.2, -0.15) is 0 Å². The molecule has 0 radical (unpaired) electrons. The van der Waals surface area contributed by atoms with E-state index in [1.807, 2.05) is 0 Å². The molecule has 0 aromatic carbocycles. The fourth-order valence-electron chi connectivity index (χ4n) is 1.71. The van der Waals surface area contributed by atoms with Crippen molar-refractivity contribution in [3.8, 4) is 0 Å². The van der Waals surface area contributed by atoms with Crippen LogP contribution in [-0.4, -0.2) is 35.0 Å². The summed E-state index contributed by atoms with van der Waals surface area (Å²) in [5.74, 6) is 0.291. The van der Waals surface area contributed by atoms with Gasteiger partial charge >= 0.3 is 0 Å². The van der Waals surface area contributed by atoms with E-state index in [1.165, 1.54) is 23.3 Å². The molecule has 0 aliphatic rings. The molecule has 21 heavy (non-hydrogen) atoms. The number of amides is 2. The van der Waals surface area contributed by atoms with E-state index in [9.17, 15) is 9.59 Å². The number of rotatable bonds is 6. The van der Waals surface area contributed by atoms with Crippen molar-refractivity contribution in [2.75, 3.05) is 18.4 Å². The molecule has 2 aromatic heterocycles. The van der Waals surface area contributed by atoms with Crippen molar-refractivity contribution in [3.63, 3.8) is 0 Å². The van der Waals surface area contributed by atoms with Crippen LogP contribution >= 0.6 is 0 Å². The van der Waals surface area contributed by atoms with Crippen LogP contribution in [0.15, 0.2) is 46.1 Å². The Labute approximate surface area is 121 Å². The molecule has 0 bridgehead atoms. The van der Waals surface area contributed by atoms with E-state index in [0.717, 1.165) is 0 Å². The number of carbonyl (C=O) groups excluding carboxylic acids is 2. The van der Waals surface area contributed by atoms with Crippen LogP contribution < -0.4 is 5.32 Å². The van der Waals surface area contributed by atoms with Crippen LogP contribution in [0.1, 0.15) is 16.3 Å². The van der Waals surface area contributed by atoms with Crippen molar-refractivity contribution >= 4 is 17.6 Å². The van der Waals surface area contributed by atoms with Gasteiger partial charge in [0.15, 0.2) is 11.6 Å². The molecule has 2 amide bonds. The van der Waals surface area contributed by atoms with Crippen LogP contribution in [0, 0.1) is 6.92 Å². The van der Waals surface area contributed by atoms with Gasteiger partial charge in [-0.05, 0) is 19.1 Å². The second-order valence-electron chi connectivity index (χ2n) is 4.32. The molecule has 2 heterocycles. The van der Waals surface area contributed by atoms with Gasteiger partial charge in [0.05, 0.1) is 6.26 Å². The van der Waals surface area contributed by atoms with Gasteiger partial charge in [0.1, 0.15) is 12.3 Å². The lowest BCUT2D eigenvalue weighted by atomic mass is 10.3. The molecule has 0 atom stereocenters. The van der Waals surface area contributed by atoms with E-state index in [2.05, 4.69) is 17.1 Å². The van der Waals surface area contributed by atoms with Gasteiger partial charge < -0.3 is 19.2 Å². The number of nitrogens with zero attached hydrogens (tertiary/aromatic N) is 2. The lowest BCUT2D eigenvalue weighted by Gasteiger charge is -2.18. The maximum Gasteiger partial charge on any atom is 0.290 e. The highest BCUT2D eigenvalue weighted by Crippen LogP contribution is 2.09. The minimum Gasteiger partial charge on any atom is -0.459 e. The van der Waals surface area contributed by atoms with E-state index >= 15 is 0 Å². The van der Waals surface area contributed by atoms with E-state index < -0.39 is 0 Å². The molecule has 0 spiro atoms. The van der Waals surface area contributed by atoms with Gasteiger partial charge in [-0.3, -0.25) is 9.59 Å². The molecule has 0 saturated heterocycles. The Kier molecular flexibility index (Phi) is 4.55. The predicted octanol–water partition coefficient (Wildman–Crippen LogP) is 1.84. The number of hydrogen-bond donors (Lipinski definition) is 1. The van der Waals surface area contributed by atoms with Gasteiger partial charge in [0.2, 0.25) is 5.91 Å². The van der Waals surface area contributed by atoms with Crippen LogP contribution in [-0.2, 0) is 4.79 Å². The predicted molar refractivity (Wildman–Crippen MR) is 74.7 cm³/mol. The van der Waals surface area contributed by atoms with Gasteiger partial charge in [-0.15, -0.1) is 6.58 Å². The monoisotopic (exact) mass is 289 g/mol. The fourth-order valence-corrected chi connectivity index (χ4v) is 1.71. The maximum absolute atomic E-state index is 12.2. The highest BCUT2D eigenvalue weighted by atomic mass is 16.5. The van der Waals surface area contributed by atoms with Gasteiger partial charge in [0, 0.05) is 12.6 Å². The summed E-state index contributed by atoms with van der Waals surface area (Å²) in [7, 11) is 0. The molecular formula is C14H15N3O4. The van der Waals surface area contributed by atoms with E-state index in [4.69, 9.17) is 8.94 Å². The summed E-state index contributed by atoms with van der Waals surface area (Å²) < 4.78 is 9.89. The molecular weight excluding hydrogens is 274 g/mol. The fraction of sp³-hybridized carbons (Fsp3) is 0.214. The standard InChI is InChI=1S/C14H15N3O4/c1-3-6-17(14(19)11-5-4-7-20-11)9-13(18)15-12-8-10(2)21-16-12/h3-5,7-8H,1,6,9H2,2H3,(H,15,16,18). The van der Waals surface area contributed by atoms with Crippen molar-refractivity contribution in [1.82, 2.24) is 10.1 Å². The van der Waals surface area contributed by atoms with Crippen LogP contribution in [0.25, 0.3) is 0 Å². The average molecular weight is 289 g/mol. The number of carbonyl (C=O) groups is 2. The third-order valence-electron chi connectivity index (χ3n) is 2.60. The Morgan fingerprint density at radius 2 is 2.33 bits per heavy atom. The average Bonchev–Trinajstić information content (AvgIpc) is 3.09. The second-order valence-corrected chi connectivity index (χ2v) is 4.32. The Morgan fingerprint density at radius 1 is 1.52 bits per heavy atom. The zero-order valence-corrected chi connectivity index (χ0v) is 11.5. The van der Waals surface area contributed by atoms with Crippen molar-refractivity contribution in [3.05, 3.63) is 48.6 Å². The molecule has 2 aromatic rings. The highest BCUT2D eigenvalue weighted by Gasteiger charge is 2.20. The van der Waals surface area contributed by atoms with E-state index in [1.54, 1.807) is 19.1 Å². The van der Waals surface area contributed by atoms with Gasteiger partial charge in [0.25, 0.3) is 5.91 Å². The number of furan rings is 1. The number of nitrogens with one attached hydrogen (secondary N) is 1. The summed E-state index contributed by atoms with van der Waals surface area (Å²) in [6.45, 7) is 5.38. The Balaban J connectivity index is 2.00. The third-order valence-corrected chi connectivity index (χ3v) is 2.60. The molecule has 0 aliphatic heterocycles. The molecule has 7 heteroatoms. The lowest BCUT2D eigenvalue weighted by molar-refractivity contribution is -0.116. The SMILES string of the molecule is C=CCN(CC(=O)Nc1cc(C)on1)C(=O)c1ccco1. The first-order valence-electron chi connectivity index (χ1n) is 6.27. The molecule has 110 valence electrons. The van der Waals surface area contributed by atoms with Crippen molar-refractivity contribution in [1.29, 1.82) is 0 Å². The Morgan fingerprint density at radius 3 is 2.90 bits per heavy atom. The Hall–Kier alpha value is -2.83. The van der Waals surface area contributed by atoms with Crippen molar-refractivity contribution in [2.45, 2.75) is 6.92 Å². The van der Waals surface area contributed by atoms with Crippen molar-refractivity contribution < 1.29 is 18.5 Å². The topological polar surface area (TPSA) is 88.6 Å². The molecule has 2 rings (SSSR count). The minimum atomic E-state index is -0.384. The first kappa shape index (κ1) is 14.6. The molecule has 0 unspecified atom stereocenters.